The molecule has 0 aliphatic carbocycles. The summed E-state index contributed by atoms with van der Waals surface area (Å²) in [6.07, 6.45) is 39.3. The zero-order chi connectivity index (χ0) is 78.9. The van der Waals surface area contributed by atoms with Crippen LogP contribution in [0.2, 0.25) is 0 Å². The van der Waals surface area contributed by atoms with Gasteiger partial charge in [-0.15, -0.1) is 56.7 Å². The third-order valence-electron chi connectivity index (χ3n) is 20.5. The van der Waals surface area contributed by atoms with Crippen LogP contribution in [0, 0.1) is 71.0 Å². The molecular formula is C102H110N6S5. The molecule has 578 valence electrons. The number of thiophene rings is 5. The van der Waals surface area contributed by atoms with Crippen molar-refractivity contribution in [2.45, 2.75) is 262 Å². The number of nitrogens with zero attached hydrogens (tertiary/aromatic N) is 6. The van der Waals surface area contributed by atoms with Gasteiger partial charge in [0.25, 0.3) is 0 Å². The number of hydrogen-bond donors (Lipinski definition) is 0. The van der Waals surface area contributed by atoms with Crippen molar-refractivity contribution >= 4 is 56.7 Å². The number of hydrogen-bond acceptors (Lipinski definition) is 11. The molecule has 0 saturated heterocycles. The van der Waals surface area contributed by atoms with E-state index in [1.165, 1.54) is 84.9 Å². The van der Waals surface area contributed by atoms with Crippen LogP contribution >= 0.6 is 56.7 Å². The molecule has 0 saturated carbocycles. The maximum atomic E-state index is 5.05. The van der Waals surface area contributed by atoms with Crippen molar-refractivity contribution in [2.24, 2.45) is 0 Å². The first-order chi connectivity index (χ1) is 55.6. The highest BCUT2D eigenvalue weighted by Gasteiger charge is 2.24. The summed E-state index contributed by atoms with van der Waals surface area (Å²) in [6, 6.07) is 32.0. The third-order valence-corrected chi connectivity index (χ3v) is 26.1. The van der Waals surface area contributed by atoms with Gasteiger partial charge in [0.2, 0.25) is 0 Å². The molecule has 0 unspecified atom stereocenters. The minimum Gasteiger partial charge on any atom is -0.255 e. The molecule has 11 heterocycles. The first kappa shape index (κ1) is 84.7. The Labute approximate surface area is 696 Å². The summed E-state index contributed by atoms with van der Waals surface area (Å²) in [5.74, 6) is 46.2. The van der Waals surface area contributed by atoms with E-state index >= 15 is 0 Å². The molecule has 6 nitrogen and oxygen atoms in total. The Morgan fingerprint density at radius 2 is 0.363 bits per heavy atom. The normalized spacial score (nSPS) is 10.8. The second-order valence-corrected chi connectivity index (χ2v) is 34.3. The van der Waals surface area contributed by atoms with Crippen LogP contribution in [0.1, 0.15) is 313 Å². The summed E-state index contributed by atoms with van der Waals surface area (Å²) in [7, 11) is 0. The summed E-state index contributed by atoms with van der Waals surface area (Å²) in [5, 5.41) is 0. The van der Waals surface area contributed by atoms with Crippen LogP contribution in [0.15, 0.2) is 122 Å². The van der Waals surface area contributed by atoms with Gasteiger partial charge in [0, 0.05) is 35.9 Å². The summed E-state index contributed by atoms with van der Waals surface area (Å²) in [6.45, 7) is 23.0. The smallest absolute Gasteiger partial charge is 0.0906 e. The molecule has 0 spiro atoms. The van der Waals surface area contributed by atoms with E-state index in [0.717, 1.165) is 269 Å². The number of rotatable bonds is 34. The van der Waals surface area contributed by atoms with Crippen molar-refractivity contribution < 1.29 is 0 Å². The van der Waals surface area contributed by atoms with Crippen molar-refractivity contribution in [3.63, 3.8) is 0 Å². The van der Waals surface area contributed by atoms with Gasteiger partial charge in [-0.2, -0.15) is 0 Å². The SMILES string of the molecule is CCCCc1c(C#Cc2cc(-c3ccccn3)nc(-c3ccccn3)c2)sc(C#Cc2sc(C#Cc3sc(C#Cc4sc(C#Cc5sc(C#Cc6cc(-c7ccccn7)nc(-c7ccccn7)c6)c(CCCC)c5CCCC)c(CCCC)c4CCCC)c(CCCC)c3CCCC)c(CCCC)c2CCCC)c1CCCC. The molecule has 0 aliphatic heterocycles. The van der Waals surface area contributed by atoms with E-state index in [2.05, 4.69) is 184 Å². The summed E-state index contributed by atoms with van der Waals surface area (Å²) < 4.78 is 0. The standard InChI is InChI=1S/C102H110N6S5/c1-11-21-39-75-77(41-23-13-3)95(109-93(75)55-53-73-69-89(85-49-31-35-65-103-85)107-90(70-73)86-50-32-36-66-104-86)57-59-97-79(43-25-15-5)81(45-27-17-7)99(111-97)61-63-101-83(47-29-19-9)84(48-30-20-10)102(113-101)64-62-100-82(46-28-18-8)80(44-26-16-6)98(112-100)60-58-96-78(42-24-14-4)76(40-22-12-2)94(110-96)56-54-74-71-91(87-51-33-37-67-105-87)108-92(72-74)88-52-34-38-68-106-88/h31-38,49-52,65-72H,11-30,39-48H2,1-10H3. The van der Waals surface area contributed by atoms with E-state index < -0.39 is 0 Å². The molecule has 11 aromatic heterocycles. The molecule has 0 bridgehead atoms. The highest BCUT2D eigenvalue weighted by Crippen LogP contribution is 2.39. The van der Waals surface area contributed by atoms with Crippen LogP contribution in [0.4, 0.5) is 0 Å². The Kier molecular flexibility index (Phi) is 33.7. The Hall–Kier alpha value is -9.24. The molecule has 113 heavy (non-hydrogen) atoms. The highest BCUT2D eigenvalue weighted by molar-refractivity contribution is 7.15. The molecule has 0 aliphatic rings. The highest BCUT2D eigenvalue weighted by atomic mass is 32.1. The van der Waals surface area contributed by atoms with Crippen LogP contribution in [0.3, 0.4) is 0 Å². The Bertz CT molecular complexity index is 4900. The Balaban J connectivity index is 0.990. The molecule has 11 aromatic rings. The number of aromatic nitrogens is 6. The van der Waals surface area contributed by atoms with Gasteiger partial charge < -0.3 is 0 Å². The molecule has 0 atom stereocenters. The van der Waals surface area contributed by atoms with Crippen LogP contribution in [-0.2, 0) is 64.2 Å². The van der Waals surface area contributed by atoms with E-state index in [1.54, 1.807) is 22.7 Å². The average molecular weight is 1580 g/mol. The van der Waals surface area contributed by atoms with Crippen LogP contribution < -0.4 is 0 Å². The lowest BCUT2D eigenvalue weighted by Gasteiger charge is -2.06. The fraction of sp³-hybridized carbons (Fsp3) is 0.392. The maximum absolute atomic E-state index is 5.05. The summed E-state index contributed by atoms with van der Waals surface area (Å²) in [5.41, 5.74) is 22.0. The van der Waals surface area contributed by atoms with Gasteiger partial charge in [-0.3, -0.25) is 19.9 Å². The van der Waals surface area contributed by atoms with Crippen molar-refractivity contribution in [1.82, 2.24) is 29.9 Å². The number of unbranched alkanes of at least 4 members (excludes halogenated alkanes) is 10. The van der Waals surface area contributed by atoms with Gasteiger partial charge in [-0.25, -0.2) is 9.97 Å². The van der Waals surface area contributed by atoms with Gasteiger partial charge in [0.05, 0.1) is 94.3 Å². The van der Waals surface area contributed by atoms with Crippen molar-refractivity contribution in [3.8, 4) is 117 Å². The Morgan fingerprint density at radius 3 is 0.504 bits per heavy atom. The van der Waals surface area contributed by atoms with Crippen LogP contribution in [-0.4, -0.2) is 29.9 Å². The Morgan fingerprint density at radius 1 is 0.204 bits per heavy atom. The van der Waals surface area contributed by atoms with Crippen molar-refractivity contribution in [2.75, 3.05) is 0 Å². The van der Waals surface area contributed by atoms with E-state index in [9.17, 15) is 0 Å². The van der Waals surface area contributed by atoms with Gasteiger partial charge in [-0.05, 0) is 304 Å². The molecule has 0 N–H and O–H groups in total. The molecule has 0 aromatic carbocycles. The van der Waals surface area contributed by atoms with Gasteiger partial charge in [0.1, 0.15) is 0 Å². The molecule has 0 amide bonds. The van der Waals surface area contributed by atoms with E-state index in [4.69, 9.17) is 9.97 Å². The fourth-order valence-electron chi connectivity index (χ4n) is 14.2. The topological polar surface area (TPSA) is 77.3 Å². The first-order valence-corrected chi connectivity index (χ1v) is 46.3. The second kappa shape index (κ2) is 45.0. The maximum Gasteiger partial charge on any atom is 0.0906 e. The molecule has 0 fully saturated rings. The van der Waals surface area contributed by atoms with E-state index in [-0.39, 0.29) is 0 Å². The second-order valence-electron chi connectivity index (χ2n) is 29.2. The lowest BCUT2D eigenvalue weighted by Crippen LogP contribution is -1.96. The predicted octanol–water partition coefficient (Wildman–Crippen LogP) is 26.9. The molecule has 11 heteroatoms. The lowest BCUT2D eigenvalue weighted by molar-refractivity contribution is 0.760. The van der Waals surface area contributed by atoms with Gasteiger partial charge >= 0.3 is 0 Å². The predicted molar refractivity (Wildman–Crippen MR) is 485 cm³/mol. The lowest BCUT2D eigenvalue weighted by atomic mass is 9.96. The molecule has 11 rings (SSSR count). The van der Waals surface area contributed by atoms with Crippen LogP contribution in [0.25, 0.3) is 45.6 Å². The molecule has 0 radical (unpaired) electrons. The zero-order valence-electron chi connectivity index (χ0n) is 68.5. The quantitative estimate of drug-likeness (QED) is 0.0374. The van der Waals surface area contributed by atoms with Gasteiger partial charge in [0.15, 0.2) is 0 Å². The fourth-order valence-corrected chi connectivity index (χ4v) is 19.7. The largest absolute Gasteiger partial charge is 0.255 e. The third kappa shape index (κ3) is 23.0. The first-order valence-electron chi connectivity index (χ1n) is 42.2. The van der Waals surface area contributed by atoms with E-state index in [1.807, 2.05) is 132 Å². The van der Waals surface area contributed by atoms with Crippen molar-refractivity contribution in [1.29, 1.82) is 0 Å². The average Bonchev–Trinajstić information content (AvgIpc) is 1.41. The van der Waals surface area contributed by atoms with Crippen molar-refractivity contribution in [3.05, 3.63) is 237 Å². The number of pyridine rings is 6. The minimum absolute atomic E-state index is 0.775. The molecular weight excluding hydrogens is 1470 g/mol. The minimum atomic E-state index is 0.775. The van der Waals surface area contributed by atoms with E-state index in [0.29, 0.717) is 0 Å². The zero-order valence-corrected chi connectivity index (χ0v) is 72.6. The van der Waals surface area contributed by atoms with Crippen LogP contribution in [0.5, 0.6) is 0 Å². The van der Waals surface area contributed by atoms with Gasteiger partial charge in [-0.1, -0.05) is 181 Å². The summed E-state index contributed by atoms with van der Waals surface area (Å²) >= 11 is 9.08. The summed E-state index contributed by atoms with van der Waals surface area (Å²) in [4.78, 5) is 40.4. The monoisotopic (exact) mass is 1580 g/mol.